The quantitative estimate of drug-likeness (QED) is 0.548. The van der Waals surface area contributed by atoms with Crippen LogP contribution in [0.15, 0.2) is 41.4 Å². The van der Waals surface area contributed by atoms with Crippen molar-refractivity contribution >= 4 is 11.6 Å². The Bertz CT molecular complexity index is 816. The van der Waals surface area contributed by atoms with Gasteiger partial charge in [0.1, 0.15) is 17.2 Å². The summed E-state index contributed by atoms with van der Waals surface area (Å²) in [7, 11) is 3.22. The van der Waals surface area contributed by atoms with E-state index in [1.165, 1.54) is 18.4 Å². The van der Waals surface area contributed by atoms with Crippen LogP contribution in [0.1, 0.15) is 24.0 Å². The minimum Gasteiger partial charge on any atom is -0.497 e. The highest BCUT2D eigenvalue weighted by atomic mass is 16.5. The van der Waals surface area contributed by atoms with Crippen LogP contribution in [0.3, 0.4) is 0 Å². The fraction of sp³-hybridized carbons (Fsp3) is 0.381. The number of methoxy groups -OCH3 is 2. The number of anilines is 1. The van der Waals surface area contributed by atoms with Crippen LogP contribution >= 0.6 is 0 Å². The fourth-order valence-corrected chi connectivity index (χ4v) is 2.68. The van der Waals surface area contributed by atoms with Crippen LogP contribution in [-0.4, -0.2) is 26.8 Å². The number of rotatable bonds is 8. The van der Waals surface area contributed by atoms with Crippen LogP contribution in [0.25, 0.3) is 0 Å². The molecule has 1 fully saturated rings. The molecule has 6 nitrogen and oxygen atoms in total. The highest BCUT2D eigenvalue weighted by Gasteiger charge is 2.22. The predicted octanol–water partition coefficient (Wildman–Crippen LogP) is 3.73. The van der Waals surface area contributed by atoms with E-state index in [0.717, 1.165) is 17.9 Å². The number of hydrogen-bond donors (Lipinski definition) is 2. The molecule has 0 saturated heterocycles. The van der Waals surface area contributed by atoms with Crippen molar-refractivity contribution in [3.8, 4) is 17.2 Å². The maximum atomic E-state index is 6.08. The van der Waals surface area contributed by atoms with Crippen molar-refractivity contribution in [2.75, 3.05) is 26.1 Å². The Balaban J connectivity index is 1.70. The number of hydrogen-bond acceptors (Lipinski definition) is 4. The summed E-state index contributed by atoms with van der Waals surface area (Å²) >= 11 is 0. The Morgan fingerprint density at radius 2 is 1.93 bits per heavy atom. The first kappa shape index (κ1) is 18.9. The molecular weight excluding hydrogens is 342 g/mol. The average Bonchev–Trinajstić information content (AvgIpc) is 3.50. The first-order valence-corrected chi connectivity index (χ1v) is 9.10. The lowest BCUT2D eigenvalue weighted by atomic mass is 10.1. The molecule has 3 N–H and O–H groups in total. The molecule has 2 aromatic carbocycles. The number of nitrogens with two attached hydrogens (primary N) is 1. The zero-order valence-corrected chi connectivity index (χ0v) is 16.1. The van der Waals surface area contributed by atoms with Gasteiger partial charge in [-0.05, 0) is 49.4 Å². The molecule has 0 radical (unpaired) electrons. The molecule has 1 aliphatic rings. The van der Waals surface area contributed by atoms with Crippen molar-refractivity contribution < 1.29 is 14.2 Å². The van der Waals surface area contributed by atoms with E-state index >= 15 is 0 Å². The summed E-state index contributed by atoms with van der Waals surface area (Å²) in [6, 6.07) is 11.6. The second-order valence-corrected chi connectivity index (χ2v) is 6.76. The summed E-state index contributed by atoms with van der Waals surface area (Å²) in [6.07, 6.45) is 2.52. The highest BCUT2D eigenvalue weighted by molar-refractivity contribution is 5.94. The maximum absolute atomic E-state index is 6.08. The topological polar surface area (TPSA) is 78.1 Å². The molecule has 0 unspecified atom stereocenters. The van der Waals surface area contributed by atoms with E-state index < -0.39 is 0 Å². The molecule has 1 saturated carbocycles. The largest absolute Gasteiger partial charge is 0.497 e. The molecule has 144 valence electrons. The van der Waals surface area contributed by atoms with E-state index in [4.69, 9.17) is 19.9 Å². The molecule has 0 bridgehead atoms. The van der Waals surface area contributed by atoms with E-state index in [2.05, 4.69) is 29.4 Å². The van der Waals surface area contributed by atoms with Gasteiger partial charge in [-0.2, -0.15) is 0 Å². The average molecular weight is 369 g/mol. The molecule has 2 aromatic rings. The normalized spacial score (nSPS) is 14.0. The van der Waals surface area contributed by atoms with Crippen molar-refractivity contribution in [2.24, 2.45) is 16.6 Å². The predicted molar refractivity (Wildman–Crippen MR) is 108 cm³/mol. The molecular formula is C21H27N3O3. The molecule has 0 amide bonds. The number of benzene rings is 2. The van der Waals surface area contributed by atoms with Crippen LogP contribution in [0.4, 0.5) is 5.69 Å². The SMILES string of the molecule is COc1ccc(OC)c(NC(N)=NCc2ccc(C)cc2OCC2CC2)c1. The van der Waals surface area contributed by atoms with Gasteiger partial charge < -0.3 is 25.3 Å². The number of guanidine groups is 1. The van der Waals surface area contributed by atoms with Gasteiger partial charge in [0.15, 0.2) is 5.96 Å². The summed E-state index contributed by atoms with van der Waals surface area (Å²) in [6.45, 7) is 3.27. The van der Waals surface area contributed by atoms with Crippen molar-refractivity contribution in [3.05, 3.63) is 47.5 Å². The van der Waals surface area contributed by atoms with Gasteiger partial charge >= 0.3 is 0 Å². The monoisotopic (exact) mass is 369 g/mol. The van der Waals surface area contributed by atoms with Gasteiger partial charge in [-0.15, -0.1) is 0 Å². The molecule has 0 aromatic heterocycles. The number of aliphatic imine (C=N–C) groups is 1. The van der Waals surface area contributed by atoms with E-state index in [1.807, 2.05) is 24.3 Å². The van der Waals surface area contributed by atoms with E-state index in [-0.39, 0.29) is 0 Å². The summed E-state index contributed by atoms with van der Waals surface area (Å²) in [5.41, 5.74) is 8.97. The second kappa shape index (κ2) is 8.66. The van der Waals surface area contributed by atoms with Crippen LogP contribution in [0.2, 0.25) is 0 Å². The van der Waals surface area contributed by atoms with E-state index in [9.17, 15) is 0 Å². The zero-order chi connectivity index (χ0) is 19.2. The minimum absolute atomic E-state index is 0.301. The smallest absolute Gasteiger partial charge is 0.193 e. The van der Waals surface area contributed by atoms with Gasteiger partial charge in [0.25, 0.3) is 0 Å². The standard InChI is InChI=1S/C21H27N3O3/c1-14-4-7-16(20(10-14)27-13-15-5-6-15)12-23-21(22)24-18-11-17(25-2)8-9-19(18)26-3/h4,7-11,15H,5-6,12-13H2,1-3H3,(H3,22,23,24). The van der Waals surface area contributed by atoms with Crippen LogP contribution in [-0.2, 0) is 6.54 Å². The Labute approximate surface area is 160 Å². The number of nitrogens with zero attached hydrogens (tertiary/aromatic N) is 1. The van der Waals surface area contributed by atoms with Crippen molar-refractivity contribution in [3.63, 3.8) is 0 Å². The molecule has 0 spiro atoms. The van der Waals surface area contributed by atoms with Crippen LogP contribution in [0, 0.1) is 12.8 Å². The summed E-state index contributed by atoms with van der Waals surface area (Å²) in [5, 5.41) is 3.08. The molecule has 0 atom stereocenters. The van der Waals surface area contributed by atoms with Crippen molar-refractivity contribution in [1.29, 1.82) is 0 Å². The number of aryl methyl sites for hydroxylation is 1. The van der Waals surface area contributed by atoms with Crippen molar-refractivity contribution in [2.45, 2.75) is 26.3 Å². The van der Waals surface area contributed by atoms with Crippen LogP contribution in [0.5, 0.6) is 17.2 Å². The summed E-state index contributed by atoms with van der Waals surface area (Å²) in [5.74, 6) is 3.26. The lowest BCUT2D eigenvalue weighted by Crippen LogP contribution is -2.23. The van der Waals surface area contributed by atoms with Gasteiger partial charge in [0.2, 0.25) is 0 Å². The number of ether oxygens (including phenoxy) is 3. The van der Waals surface area contributed by atoms with Crippen molar-refractivity contribution in [1.82, 2.24) is 0 Å². The minimum atomic E-state index is 0.301. The van der Waals surface area contributed by atoms with E-state index in [0.29, 0.717) is 35.6 Å². The molecule has 6 heteroatoms. The Kier molecular flexibility index (Phi) is 6.06. The Hall–Kier alpha value is -2.89. The summed E-state index contributed by atoms with van der Waals surface area (Å²) in [4.78, 5) is 4.46. The zero-order valence-electron chi connectivity index (χ0n) is 16.1. The van der Waals surface area contributed by atoms with E-state index in [1.54, 1.807) is 14.2 Å². The highest BCUT2D eigenvalue weighted by Crippen LogP contribution is 2.31. The number of nitrogens with one attached hydrogen (secondary N) is 1. The first-order chi connectivity index (χ1) is 13.1. The second-order valence-electron chi connectivity index (χ2n) is 6.76. The van der Waals surface area contributed by atoms with Crippen LogP contribution < -0.4 is 25.3 Å². The summed E-state index contributed by atoms with van der Waals surface area (Å²) < 4.78 is 16.6. The first-order valence-electron chi connectivity index (χ1n) is 9.10. The van der Waals surface area contributed by atoms with Gasteiger partial charge in [-0.25, -0.2) is 4.99 Å². The lowest BCUT2D eigenvalue weighted by molar-refractivity contribution is 0.296. The molecule has 0 aliphatic heterocycles. The third-order valence-electron chi connectivity index (χ3n) is 4.48. The van der Waals surface area contributed by atoms with Gasteiger partial charge in [-0.3, -0.25) is 0 Å². The van der Waals surface area contributed by atoms with Gasteiger partial charge in [0.05, 0.1) is 33.1 Å². The fourth-order valence-electron chi connectivity index (χ4n) is 2.68. The molecule has 27 heavy (non-hydrogen) atoms. The van der Waals surface area contributed by atoms with Gasteiger partial charge in [-0.1, -0.05) is 12.1 Å². The molecule has 0 heterocycles. The lowest BCUT2D eigenvalue weighted by Gasteiger charge is -2.13. The molecule has 1 aliphatic carbocycles. The Morgan fingerprint density at radius 1 is 1.11 bits per heavy atom. The third-order valence-corrected chi connectivity index (χ3v) is 4.48. The molecule has 3 rings (SSSR count). The Morgan fingerprint density at radius 3 is 2.63 bits per heavy atom. The maximum Gasteiger partial charge on any atom is 0.193 e. The van der Waals surface area contributed by atoms with Gasteiger partial charge in [0, 0.05) is 11.6 Å². The third kappa shape index (κ3) is 5.29.